The number of ether oxygens (including phenoxy) is 2. The number of aromatic carboxylic acids is 1. The number of hydrogen-bond acceptors (Lipinski definition) is 6. The van der Waals surface area contributed by atoms with Crippen LogP contribution in [0.1, 0.15) is 57.8 Å². The first-order chi connectivity index (χ1) is 19.4. The third-order valence-corrected chi connectivity index (χ3v) is 7.62. The number of thiophene rings is 1. The molecule has 0 amide bonds. The standard InChI is InChI=1S/C31H31ClN2O5S/c1-3-4-11-28-33-29(30(35)36)27(34(28)19-22-8-5-6-10-26(22)32)18-23(17-25-9-7-16-40-25)31(37)39-20-21-12-14-24(38-2)15-13-21/h5-10,12-16,18H,3-4,11,17,19-20H2,1-2H3,(H,35,36)/b23-18+. The van der Waals surface area contributed by atoms with Crippen molar-refractivity contribution < 1.29 is 24.2 Å². The number of methoxy groups -OCH3 is 1. The van der Waals surface area contributed by atoms with Gasteiger partial charge in [0, 0.05) is 28.3 Å². The summed E-state index contributed by atoms with van der Waals surface area (Å²) in [5.41, 5.74) is 2.20. The zero-order valence-electron chi connectivity index (χ0n) is 22.4. The molecular weight excluding hydrogens is 548 g/mol. The van der Waals surface area contributed by atoms with Crippen molar-refractivity contribution in [3.8, 4) is 5.75 Å². The van der Waals surface area contributed by atoms with Crippen LogP contribution in [0.25, 0.3) is 6.08 Å². The molecule has 40 heavy (non-hydrogen) atoms. The van der Waals surface area contributed by atoms with Crippen molar-refractivity contribution in [1.29, 1.82) is 0 Å². The Labute approximate surface area is 242 Å². The fourth-order valence-electron chi connectivity index (χ4n) is 4.23. The molecule has 208 valence electrons. The normalized spacial score (nSPS) is 11.4. The second kappa shape index (κ2) is 14.0. The van der Waals surface area contributed by atoms with E-state index in [4.69, 9.17) is 21.1 Å². The van der Waals surface area contributed by atoms with Crippen LogP contribution in [-0.4, -0.2) is 33.7 Å². The number of aryl methyl sites for hydroxylation is 1. The zero-order valence-corrected chi connectivity index (χ0v) is 24.0. The second-order valence-electron chi connectivity index (χ2n) is 9.20. The van der Waals surface area contributed by atoms with Gasteiger partial charge in [0.2, 0.25) is 0 Å². The Kier molecular flexibility index (Phi) is 10.2. The molecule has 0 atom stereocenters. The van der Waals surface area contributed by atoms with Gasteiger partial charge in [0.15, 0.2) is 5.69 Å². The topological polar surface area (TPSA) is 90.7 Å². The van der Waals surface area contributed by atoms with E-state index >= 15 is 0 Å². The molecule has 0 radical (unpaired) electrons. The molecule has 0 bridgehead atoms. The SMILES string of the molecule is CCCCc1nc(C(=O)O)c(/C=C(\Cc2cccs2)C(=O)OCc2ccc(OC)cc2)n1Cc1ccccc1Cl. The molecule has 0 aliphatic rings. The largest absolute Gasteiger partial charge is 0.497 e. The predicted molar refractivity (Wildman–Crippen MR) is 157 cm³/mol. The summed E-state index contributed by atoms with van der Waals surface area (Å²) in [6.07, 6.45) is 4.26. The van der Waals surface area contributed by atoms with E-state index < -0.39 is 11.9 Å². The summed E-state index contributed by atoms with van der Waals surface area (Å²) >= 11 is 7.99. The molecule has 0 spiro atoms. The maximum absolute atomic E-state index is 13.4. The number of carboxylic acids is 1. The van der Waals surface area contributed by atoms with E-state index in [-0.39, 0.29) is 12.3 Å². The molecule has 9 heteroatoms. The number of carbonyl (C=O) groups excluding carboxylic acids is 1. The van der Waals surface area contributed by atoms with Gasteiger partial charge in [0.1, 0.15) is 18.2 Å². The summed E-state index contributed by atoms with van der Waals surface area (Å²) in [4.78, 5) is 31.3. The van der Waals surface area contributed by atoms with Gasteiger partial charge in [0.25, 0.3) is 0 Å². The third-order valence-electron chi connectivity index (χ3n) is 6.38. The summed E-state index contributed by atoms with van der Waals surface area (Å²) in [6.45, 7) is 2.45. The van der Waals surface area contributed by atoms with E-state index in [1.807, 2.05) is 52.4 Å². The molecule has 1 N–H and O–H groups in total. The molecule has 0 fully saturated rings. The lowest BCUT2D eigenvalue weighted by Gasteiger charge is -2.14. The number of aromatic nitrogens is 2. The van der Waals surface area contributed by atoms with Crippen molar-refractivity contribution >= 4 is 41.0 Å². The van der Waals surface area contributed by atoms with Crippen LogP contribution >= 0.6 is 22.9 Å². The molecule has 2 heterocycles. The summed E-state index contributed by atoms with van der Waals surface area (Å²) < 4.78 is 12.7. The Morgan fingerprint density at radius 2 is 1.88 bits per heavy atom. The molecular formula is C31H31ClN2O5S. The molecule has 0 saturated heterocycles. The number of nitrogens with zero attached hydrogens (tertiary/aromatic N) is 2. The number of benzene rings is 2. The van der Waals surface area contributed by atoms with E-state index in [2.05, 4.69) is 11.9 Å². The van der Waals surface area contributed by atoms with E-state index in [1.165, 1.54) is 11.3 Å². The highest BCUT2D eigenvalue weighted by Crippen LogP contribution is 2.25. The van der Waals surface area contributed by atoms with Crippen LogP contribution < -0.4 is 4.74 Å². The Morgan fingerprint density at radius 3 is 2.52 bits per heavy atom. The van der Waals surface area contributed by atoms with Crippen LogP contribution in [0.4, 0.5) is 0 Å². The highest BCUT2D eigenvalue weighted by molar-refractivity contribution is 7.09. The minimum absolute atomic E-state index is 0.0665. The average molecular weight is 579 g/mol. The first-order valence-corrected chi connectivity index (χ1v) is 14.2. The van der Waals surface area contributed by atoms with E-state index in [9.17, 15) is 14.7 Å². The molecule has 0 aliphatic heterocycles. The fraction of sp³-hybridized carbons (Fsp3) is 0.258. The highest BCUT2D eigenvalue weighted by atomic mass is 35.5. The van der Waals surface area contributed by atoms with Gasteiger partial charge < -0.3 is 19.1 Å². The molecule has 4 rings (SSSR count). The van der Waals surface area contributed by atoms with Gasteiger partial charge in [-0.05, 0) is 53.3 Å². The van der Waals surface area contributed by atoms with E-state index in [0.29, 0.717) is 47.2 Å². The quantitative estimate of drug-likeness (QED) is 0.135. The summed E-state index contributed by atoms with van der Waals surface area (Å²) in [7, 11) is 1.59. The Balaban J connectivity index is 1.75. The molecule has 2 aromatic carbocycles. The summed E-state index contributed by atoms with van der Waals surface area (Å²) in [5, 5.41) is 12.6. The van der Waals surface area contributed by atoms with E-state index in [1.54, 1.807) is 31.4 Å². The third kappa shape index (κ3) is 7.40. The first kappa shape index (κ1) is 29.1. The lowest BCUT2D eigenvalue weighted by Crippen LogP contribution is -2.13. The molecule has 4 aromatic rings. The molecule has 0 aliphatic carbocycles. The number of imidazole rings is 1. The van der Waals surface area contributed by atoms with Crippen LogP contribution in [0.5, 0.6) is 5.75 Å². The number of halogens is 1. The molecule has 7 nitrogen and oxygen atoms in total. The van der Waals surface area contributed by atoms with Crippen LogP contribution in [-0.2, 0) is 35.5 Å². The Hall–Kier alpha value is -3.88. The van der Waals surface area contributed by atoms with E-state index in [0.717, 1.165) is 28.8 Å². The Morgan fingerprint density at radius 1 is 1.10 bits per heavy atom. The minimum atomic E-state index is -1.16. The van der Waals surface area contributed by atoms with Gasteiger partial charge in [-0.1, -0.05) is 61.3 Å². The van der Waals surface area contributed by atoms with Crippen molar-refractivity contribution in [2.24, 2.45) is 0 Å². The first-order valence-electron chi connectivity index (χ1n) is 13.0. The van der Waals surface area contributed by atoms with Crippen molar-refractivity contribution in [2.45, 2.75) is 45.8 Å². The monoisotopic (exact) mass is 578 g/mol. The number of carbonyl (C=O) groups is 2. The van der Waals surface area contributed by atoms with Gasteiger partial charge >= 0.3 is 11.9 Å². The van der Waals surface area contributed by atoms with Gasteiger partial charge in [-0.25, -0.2) is 14.6 Å². The number of unbranched alkanes of at least 4 members (excludes halogenated alkanes) is 1. The fourth-order valence-corrected chi connectivity index (χ4v) is 5.15. The van der Waals surface area contributed by atoms with Crippen LogP contribution in [0.3, 0.4) is 0 Å². The van der Waals surface area contributed by atoms with Gasteiger partial charge in [-0.3, -0.25) is 0 Å². The molecule has 2 aromatic heterocycles. The zero-order chi connectivity index (χ0) is 28.5. The number of carboxylic acid groups (broad SMARTS) is 1. The number of hydrogen-bond donors (Lipinski definition) is 1. The van der Waals surface area contributed by atoms with Gasteiger partial charge in [-0.2, -0.15) is 0 Å². The van der Waals surface area contributed by atoms with Crippen LogP contribution in [0.2, 0.25) is 5.02 Å². The van der Waals surface area contributed by atoms with Crippen LogP contribution in [0.15, 0.2) is 71.6 Å². The molecule has 0 saturated carbocycles. The number of esters is 1. The van der Waals surface area contributed by atoms with Crippen molar-refractivity contribution in [3.05, 3.63) is 110 Å². The minimum Gasteiger partial charge on any atom is -0.497 e. The lowest BCUT2D eigenvalue weighted by atomic mass is 10.1. The predicted octanol–water partition coefficient (Wildman–Crippen LogP) is 7.07. The second-order valence-corrected chi connectivity index (χ2v) is 10.6. The van der Waals surface area contributed by atoms with Crippen molar-refractivity contribution in [1.82, 2.24) is 9.55 Å². The summed E-state index contributed by atoms with van der Waals surface area (Å²) in [6, 6.07) is 18.5. The molecule has 0 unspecified atom stereocenters. The van der Waals surface area contributed by atoms with Gasteiger partial charge in [0.05, 0.1) is 19.3 Å². The van der Waals surface area contributed by atoms with Gasteiger partial charge in [-0.15, -0.1) is 11.3 Å². The Bertz CT molecular complexity index is 1480. The van der Waals surface area contributed by atoms with Crippen molar-refractivity contribution in [2.75, 3.05) is 7.11 Å². The maximum Gasteiger partial charge on any atom is 0.356 e. The highest BCUT2D eigenvalue weighted by Gasteiger charge is 2.24. The average Bonchev–Trinajstić information content (AvgIpc) is 3.60. The number of rotatable bonds is 13. The summed E-state index contributed by atoms with van der Waals surface area (Å²) in [5.74, 6) is -0.349. The lowest BCUT2D eigenvalue weighted by molar-refractivity contribution is -0.140. The van der Waals surface area contributed by atoms with Crippen LogP contribution in [0, 0.1) is 0 Å². The maximum atomic E-state index is 13.4. The smallest absolute Gasteiger partial charge is 0.356 e. The van der Waals surface area contributed by atoms with Crippen molar-refractivity contribution in [3.63, 3.8) is 0 Å².